The molecule has 8 heteroatoms. The molecule has 26 heavy (non-hydrogen) atoms. The average Bonchev–Trinajstić information content (AvgIpc) is 3.09. The van der Waals surface area contributed by atoms with Crippen LogP contribution in [-0.4, -0.2) is 40.7 Å². The van der Waals surface area contributed by atoms with E-state index in [9.17, 15) is 9.59 Å². The molecule has 8 nitrogen and oxygen atoms in total. The Labute approximate surface area is 149 Å². The second kappa shape index (κ2) is 6.29. The first-order valence-electron chi connectivity index (χ1n) is 8.35. The molecule has 0 spiro atoms. The molecule has 0 fully saturated rings. The number of para-hydroxylation sites is 1. The Hall–Kier alpha value is -3.16. The number of Topliss-reactive ketones (excluding diaryl/α,β-unsaturated/α-hetero) is 1. The number of carbonyl (C=O) groups excluding carboxylic acids is 2. The number of nitrogens with zero attached hydrogens (tertiary/aromatic N) is 3. The van der Waals surface area contributed by atoms with Crippen molar-refractivity contribution < 1.29 is 19.1 Å². The van der Waals surface area contributed by atoms with Gasteiger partial charge in [0.25, 0.3) is 5.82 Å². The highest BCUT2D eigenvalue weighted by atomic mass is 16.5. The highest BCUT2D eigenvalue weighted by Crippen LogP contribution is 2.42. The van der Waals surface area contributed by atoms with Crippen LogP contribution < -0.4 is 10.1 Å². The van der Waals surface area contributed by atoms with E-state index in [0.717, 1.165) is 24.1 Å². The van der Waals surface area contributed by atoms with Crippen molar-refractivity contribution in [3.8, 4) is 5.75 Å². The van der Waals surface area contributed by atoms with Crippen molar-refractivity contribution in [3.05, 3.63) is 46.9 Å². The molecule has 0 amide bonds. The minimum absolute atomic E-state index is 0.0535. The van der Waals surface area contributed by atoms with E-state index in [-0.39, 0.29) is 11.6 Å². The molecule has 0 saturated carbocycles. The molecule has 4 rings (SSSR count). The Bertz CT molecular complexity index is 931. The lowest BCUT2D eigenvalue weighted by Gasteiger charge is -2.32. The van der Waals surface area contributed by atoms with Crippen molar-refractivity contribution in [3.63, 3.8) is 0 Å². The normalized spacial score (nSPS) is 18.7. The minimum atomic E-state index is -0.628. The van der Waals surface area contributed by atoms with Gasteiger partial charge in [0.15, 0.2) is 5.78 Å². The van der Waals surface area contributed by atoms with Crippen LogP contribution in [0.25, 0.3) is 0 Å². The summed E-state index contributed by atoms with van der Waals surface area (Å²) in [5.41, 5.74) is 2.27. The van der Waals surface area contributed by atoms with Gasteiger partial charge < -0.3 is 14.8 Å². The van der Waals surface area contributed by atoms with E-state index in [1.54, 1.807) is 11.8 Å². The van der Waals surface area contributed by atoms with Gasteiger partial charge in [-0.15, -0.1) is 5.10 Å². The zero-order valence-corrected chi connectivity index (χ0v) is 14.5. The van der Waals surface area contributed by atoms with E-state index in [4.69, 9.17) is 9.47 Å². The van der Waals surface area contributed by atoms with Crippen LogP contribution in [0, 0.1) is 0 Å². The molecule has 2 aliphatic rings. The van der Waals surface area contributed by atoms with Crippen LogP contribution in [0.5, 0.6) is 5.75 Å². The van der Waals surface area contributed by atoms with Gasteiger partial charge in [-0.1, -0.05) is 18.2 Å². The van der Waals surface area contributed by atoms with Gasteiger partial charge in [0, 0.05) is 23.3 Å². The summed E-state index contributed by atoms with van der Waals surface area (Å²) in [6.07, 6.45) is 2.01. The number of esters is 1. The van der Waals surface area contributed by atoms with Gasteiger partial charge in [-0.2, -0.15) is 4.98 Å². The number of allylic oxidation sites excluding steroid dienone is 2. The number of rotatable bonds is 3. The van der Waals surface area contributed by atoms with Crippen molar-refractivity contribution in [2.45, 2.75) is 25.3 Å². The molecular weight excluding hydrogens is 336 g/mol. The van der Waals surface area contributed by atoms with Crippen molar-refractivity contribution in [2.75, 3.05) is 19.5 Å². The molecule has 1 atom stereocenters. The van der Waals surface area contributed by atoms with Gasteiger partial charge in [0.05, 0.1) is 14.2 Å². The van der Waals surface area contributed by atoms with Crippen molar-refractivity contribution in [2.24, 2.45) is 0 Å². The first-order valence-corrected chi connectivity index (χ1v) is 8.35. The summed E-state index contributed by atoms with van der Waals surface area (Å²) in [4.78, 5) is 28.9. The molecule has 2 aromatic rings. The predicted octanol–water partition coefficient (Wildman–Crippen LogP) is 2.10. The number of benzene rings is 1. The van der Waals surface area contributed by atoms with Crippen LogP contribution in [-0.2, 0) is 9.53 Å². The number of hydrogen-bond acceptors (Lipinski definition) is 7. The summed E-state index contributed by atoms with van der Waals surface area (Å²) in [6, 6.07) is 6.97. The zero-order chi connectivity index (χ0) is 18.3. The second-order valence-corrected chi connectivity index (χ2v) is 6.13. The lowest BCUT2D eigenvalue weighted by Crippen LogP contribution is -2.31. The van der Waals surface area contributed by atoms with Gasteiger partial charge in [0.1, 0.15) is 11.8 Å². The maximum absolute atomic E-state index is 12.7. The maximum atomic E-state index is 12.7. The van der Waals surface area contributed by atoms with E-state index < -0.39 is 12.0 Å². The minimum Gasteiger partial charge on any atom is -0.496 e. The summed E-state index contributed by atoms with van der Waals surface area (Å²) in [7, 11) is 2.86. The van der Waals surface area contributed by atoms with Crippen LogP contribution in [0.1, 0.15) is 41.5 Å². The fourth-order valence-corrected chi connectivity index (χ4v) is 3.51. The van der Waals surface area contributed by atoms with Crippen LogP contribution in [0.4, 0.5) is 5.95 Å². The number of methoxy groups -OCH3 is 2. The Kier molecular flexibility index (Phi) is 3.95. The third-order valence-electron chi connectivity index (χ3n) is 4.67. The molecular formula is C18H18N4O4. The Morgan fingerprint density at radius 1 is 1.27 bits per heavy atom. The van der Waals surface area contributed by atoms with Crippen LogP contribution >= 0.6 is 0 Å². The van der Waals surface area contributed by atoms with Gasteiger partial charge in [-0.3, -0.25) is 4.79 Å². The van der Waals surface area contributed by atoms with E-state index in [1.165, 1.54) is 7.11 Å². The number of aromatic nitrogens is 3. The van der Waals surface area contributed by atoms with Gasteiger partial charge in [-0.25, -0.2) is 9.48 Å². The van der Waals surface area contributed by atoms with Gasteiger partial charge >= 0.3 is 5.97 Å². The van der Waals surface area contributed by atoms with Gasteiger partial charge in [0.2, 0.25) is 5.95 Å². The SMILES string of the molecule is COC(=O)c1nc2n(n1)C(c1ccccc1OC)C1=C(CCCC1=O)N2. The fraction of sp³-hybridized carbons (Fsp3) is 0.333. The van der Waals surface area contributed by atoms with Crippen molar-refractivity contribution in [1.29, 1.82) is 0 Å². The van der Waals surface area contributed by atoms with Crippen molar-refractivity contribution >= 4 is 17.7 Å². The monoisotopic (exact) mass is 354 g/mol. The first kappa shape index (κ1) is 16.3. The predicted molar refractivity (Wildman–Crippen MR) is 92.0 cm³/mol. The third-order valence-corrected chi connectivity index (χ3v) is 4.67. The number of hydrogen-bond donors (Lipinski definition) is 1. The molecule has 1 aliphatic carbocycles. The summed E-state index contributed by atoms with van der Waals surface area (Å²) in [5, 5.41) is 7.47. The molecule has 1 aromatic carbocycles. The topological polar surface area (TPSA) is 95.3 Å². The summed E-state index contributed by atoms with van der Waals surface area (Å²) in [5.74, 6) is 0.440. The third kappa shape index (κ3) is 2.45. The van der Waals surface area contributed by atoms with Crippen LogP contribution in [0.2, 0.25) is 0 Å². The second-order valence-electron chi connectivity index (χ2n) is 6.13. The quantitative estimate of drug-likeness (QED) is 0.843. The van der Waals surface area contributed by atoms with E-state index in [2.05, 4.69) is 15.4 Å². The average molecular weight is 354 g/mol. The largest absolute Gasteiger partial charge is 0.496 e. The highest BCUT2D eigenvalue weighted by Gasteiger charge is 2.38. The number of fused-ring (bicyclic) bond motifs is 1. The highest BCUT2D eigenvalue weighted by molar-refractivity contribution is 5.99. The summed E-state index contributed by atoms with van der Waals surface area (Å²) in [6.45, 7) is 0. The first-order chi connectivity index (χ1) is 12.6. The Balaban J connectivity index is 1.93. The lowest BCUT2D eigenvalue weighted by atomic mass is 9.85. The molecule has 0 saturated heterocycles. The smallest absolute Gasteiger partial charge is 0.378 e. The number of anilines is 1. The molecule has 1 N–H and O–H groups in total. The number of ether oxygens (including phenoxy) is 2. The summed E-state index contributed by atoms with van der Waals surface area (Å²) < 4.78 is 11.8. The maximum Gasteiger partial charge on any atom is 0.378 e. The molecule has 1 aliphatic heterocycles. The molecule has 0 bridgehead atoms. The van der Waals surface area contributed by atoms with Crippen LogP contribution in [0.3, 0.4) is 0 Å². The number of carbonyl (C=O) groups is 2. The van der Waals surface area contributed by atoms with Crippen molar-refractivity contribution in [1.82, 2.24) is 14.8 Å². The molecule has 2 heterocycles. The van der Waals surface area contributed by atoms with E-state index >= 15 is 0 Å². The fourth-order valence-electron chi connectivity index (χ4n) is 3.51. The molecule has 134 valence electrons. The molecule has 0 radical (unpaired) electrons. The molecule has 1 unspecified atom stereocenters. The zero-order valence-electron chi connectivity index (χ0n) is 14.5. The van der Waals surface area contributed by atoms with Gasteiger partial charge in [-0.05, 0) is 18.9 Å². The summed E-state index contributed by atoms with van der Waals surface area (Å²) >= 11 is 0. The Morgan fingerprint density at radius 3 is 2.85 bits per heavy atom. The lowest BCUT2D eigenvalue weighted by molar-refractivity contribution is -0.116. The van der Waals surface area contributed by atoms with E-state index in [1.807, 2.05) is 24.3 Å². The van der Waals surface area contributed by atoms with Crippen LogP contribution in [0.15, 0.2) is 35.5 Å². The standard InChI is InChI=1S/C18H18N4O4/c1-25-13-9-4-3-6-10(13)15-14-11(7-5-8-12(14)23)19-18-20-16(17(24)26-2)21-22(15)18/h3-4,6,9,15H,5,7-8H2,1-2H3,(H,19,20,21). The number of nitrogens with one attached hydrogen (secondary N) is 1. The molecule has 1 aromatic heterocycles. The Morgan fingerprint density at radius 2 is 2.08 bits per heavy atom. The van der Waals surface area contributed by atoms with E-state index in [0.29, 0.717) is 23.7 Å². The number of ketones is 1.